The first kappa shape index (κ1) is 19.8. The van der Waals surface area contributed by atoms with Gasteiger partial charge in [-0.2, -0.15) is 0 Å². The molecule has 0 radical (unpaired) electrons. The average molecular weight is 339 g/mol. The maximum atomic E-state index is 5.89. The summed E-state index contributed by atoms with van der Waals surface area (Å²) in [5, 5.41) is 7.45. The normalized spacial score (nSPS) is 11.8. The van der Waals surface area contributed by atoms with Crippen LogP contribution in [0, 0.1) is 0 Å². The fourth-order valence-electron chi connectivity index (χ4n) is 2.30. The largest absolute Gasteiger partial charge is 0.356 e. The minimum atomic E-state index is 0.751. The Labute approximate surface area is 146 Å². The van der Waals surface area contributed by atoms with Gasteiger partial charge in [0.05, 0.1) is 0 Å². The molecular formula is C18H31ClN4. The van der Waals surface area contributed by atoms with Crippen LogP contribution in [0.1, 0.15) is 37.7 Å². The quantitative estimate of drug-likeness (QED) is 0.389. The second-order valence-electron chi connectivity index (χ2n) is 6.05. The van der Waals surface area contributed by atoms with E-state index in [2.05, 4.69) is 34.6 Å². The molecule has 2 N–H and O–H groups in total. The van der Waals surface area contributed by atoms with Gasteiger partial charge < -0.3 is 15.5 Å². The first-order chi connectivity index (χ1) is 11.1. The number of halogens is 1. The van der Waals surface area contributed by atoms with Gasteiger partial charge in [0.15, 0.2) is 5.96 Å². The molecule has 0 atom stereocenters. The summed E-state index contributed by atoms with van der Waals surface area (Å²) in [7, 11) is 6.07. The van der Waals surface area contributed by atoms with Crippen molar-refractivity contribution in [2.45, 2.75) is 38.6 Å². The van der Waals surface area contributed by atoms with E-state index in [-0.39, 0.29) is 0 Å². The molecule has 1 rings (SSSR count). The molecule has 0 aliphatic rings. The van der Waals surface area contributed by atoms with Gasteiger partial charge >= 0.3 is 0 Å². The highest BCUT2D eigenvalue weighted by Crippen LogP contribution is 2.09. The van der Waals surface area contributed by atoms with Crippen molar-refractivity contribution < 1.29 is 0 Å². The molecule has 0 saturated heterocycles. The Bertz CT molecular complexity index is 443. The number of guanidine groups is 1. The van der Waals surface area contributed by atoms with Crippen LogP contribution in [-0.4, -0.2) is 45.1 Å². The molecule has 0 saturated carbocycles. The summed E-state index contributed by atoms with van der Waals surface area (Å²) in [5.41, 5.74) is 1.19. The third kappa shape index (κ3) is 10.2. The fraction of sp³-hybridized carbons (Fsp3) is 0.611. The maximum Gasteiger partial charge on any atom is 0.191 e. The predicted octanol–water partition coefficient (Wildman–Crippen LogP) is 3.52. The van der Waals surface area contributed by atoms with Gasteiger partial charge in [0.2, 0.25) is 0 Å². The van der Waals surface area contributed by atoms with Crippen molar-refractivity contribution in [2.75, 3.05) is 34.2 Å². The molecule has 1 aromatic carbocycles. The highest BCUT2D eigenvalue weighted by molar-refractivity contribution is 6.30. The van der Waals surface area contributed by atoms with Crippen LogP contribution in [0.15, 0.2) is 29.3 Å². The summed E-state index contributed by atoms with van der Waals surface area (Å²) in [6.45, 7) is 2.91. The van der Waals surface area contributed by atoms with Crippen molar-refractivity contribution in [3.63, 3.8) is 0 Å². The van der Waals surface area contributed by atoms with E-state index in [1.165, 1.54) is 44.2 Å². The number of hydrogen-bond acceptors (Lipinski definition) is 2. The summed E-state index contributed by atoms with van der Waals surface area (Å²) in [5.74, 6) is 0.854. The molecule has 0 aliphatic heterocycles. The summed E-state index contributed by atoms with van der Waals surface area (Å²) in [6, 6.07) is 7.86. The van der Waals surface area contributed by atoms with Gasteiger partial charge in [-0.1, -0.05) is 43.0 Å². The zero-order chi connectivity index (χ0) is 16.9. The van der Waals surface area contributed by atoms with Crippen LogP contribution < -0.4 is 10.6 Å². The minimum Gasteiger partial charge on any atom is -0.356 e. The Morgan fingerprint density at radius 3 is 2.30 bits per heavy atom. The van der Waals surface area contributed by atoms with Gasteiger partial charge in [-0.25, -0.2) is 0 Å². The van der Waals surface area contributed by atoms with E-state index in [1.807, 2.05) is 24.3 Å². The molecule has 0 heterocycles. The molecule has 0 bridgehead atoms. The summed E-state index contributed by atoms with van der Waals surface area (Å²) < 4.78 is 0. The van der Waals surface area contributed by atoms with E-state index in [0.29, 0.717) is 0 Å². The van der Waals surface area contributed by atoms with Crippen molar-refractivity contribution in [1.29, 1.82) is 0 Å². The summed E-state index contributed by atoms with van der Waals surface area (Å²) in [6.07, 6.45) is 6.39. The Morgan fingerprint density at radius 2 is 1.65 bits per heavy atom. The number of rotatable bonds is 10. The molecule has 5 heteroatoms. The van der Waals surface area contributed by atoms with E-state index in [9.17, 15) is 0 Å². The molecular weight excluding hydrogens is 308 g/mol. The zero-order valence-electron chi connectivity index (χ0n) is 14.7. The first-order valence-corrected chi connectivity index (χ1v) is 8.83. The van der Waals surface area contributed by atoms with Crippen LogP contribution in [0.3, 0.4) is 0 Å². The zero-order valence-corrected chi connectivity index (χ0v) is 15.5. The molecule has 0 aliphatic carbocycles. The lowest BCUT2D eigenvalue weighted by atomic mass is 10.1. The molecule has 4 nitrogen and oxygen atoms in total. The number of nitrogens with zero attached hydrogens (tertiary/aromatic N) is 2. The van der Waals surface area contributed by atoms with Gasteiger partial charge in [0.1, 0.15) is 0 Å². The first-order valence-electron chi connectivity index (χ1n) is 8.45. The van der Waals surface area contributed by atoms with Gasteiger partial charge in [0, 0.05) is 25.2 Å². The van der Waals surface area contributed by atoms with E-state index < -0.39 is 0 Å². The standard InChI is InChI=1S/C18H31ClN4/c1-20-18(22-15-16-9-11-17(19)12-10-16)21-13-7-5-4-6-8-14-23(2)3/h9-12H,4-8,13-15H2,1-3H3,(H2,20,21,22). The Balaban J connectivity index is 2.07. The van der Waals surface area contributed by atoms with E-state index >= 15 is 0 Å². The molecule has 1 aromatic rings. The fourth-order valence-corrected chi connectivity index (χ4v) is 2.42. The van der Waals surface area contributed by atoms with Gasteiger partial charge in [-0.05, 0) is 51.2 Å². The topological polar surface area (TPSA) is 39.7 Å². The van der Waals surface area contributed by atoms with Crippen molar-refractivity contribution in [3.8, 4) is 0 Å². The van der Waals surface area contributed by atoms with Gasteiger partial charge in [0.25, 0.3) is 0 Å². The van der Waals surface area contributed by atoms with Crippen LogP contribution in [0.5, 0.6) is 0 Å². The van der Waals surface area contributed by atoms with Crippen LogP contribution in [0.25, 0.3) is 0 Å². The molecule has 0 unspecified atom stereocenters. The smallest absolute Gasteiger partial charge is 0.191 e. The van der Waals surface area contributed by atoms with E-state index in [4.69, 9.17) is 11.6 Å². The van der Waals surface area contributed by atoms with Crippen LogP contribution in [-0.2, 0) is 6.54 Å². The van der Waals surface area contributed by atoms with Crippen molar-refractivity contribution >= 4 is 17.6 Å². The van der Waals surface area contributed by atoms with Crippen LogP contribution >= 0.6 is 11.6 Å². The number of aliphatic imine (C=N–C) groups is 1. The summed E-state index contributed by atoms with van der Waals surface area (Å²) in [4.78, 5) is 6.50. The molecule has 130 valence electrons. The second kappa shape index (κ2) is 12.2. The van der Waals surface area contributed by atoms with Crippen LogP contribution in [0.4, 0.5) is 0 Å². The SMILES string of the molecule is CN=C(NCCCCCCCN(C)C)NCc1ccc(Cl)cc1. The summed E-state index contributed by atoms with van der Waals surface area (Å²) >= 11 is 5.89. The Hall–Kier alpha value is -1.26. The highest BCUT2D eigenvalue weighted by atomic mass is 35.5. The molecule has 0 spiro atoms. The second-order valence-corrected chi connectivity index (χ2v) is 6.49. The number of hydrogen-bond donors (Lipinski definition) is 2. The van der Waals surface area contributed by atoms with Crippen LogP contribution in [0.2, 0.25) is 5.02 Å². The monoisotopic (exact) mass is 338 g/mol. The average Bonchev–Trinajstić information content (AvgIpc) is 2.54. The van der Waals surface area contributed by atoms with E-state index in [0.717, 1.165) is 24.1 Å². The van der Waals surface area contributed by atoms with E-state index in [1.54, 1.807) is 7.05 Å². The molecule has 23 heavy (non-hydrogen) atoms. The highest BCUT2D eigenvalue weighted by Gasteiger charge is 1.98. The lowest BCUT2D eigenvalue weighted by Gasteiger charge is -2.12. The number of benzene rings is 1. The lowest BCUT2D eigenvalue weighted by Crippen LogP contribution is -2.37. The molecule has 0 fully saturated rings. The van der Waals surface area contributed by atoms with Gasteiger partial charge in [-0.15, -0.1) is 0 Å². The molecule has 0 amide bonds. The maximum absolute atomic E-state index is 5.89. The third-order valence-electron chi connectivity index (χ3n) is 3.67. The van der Waals surface area contributed by atoms with Crippen molar-refractivity contribution in [3.05, 3.63) is 34.9 Å². The predicted molar refractivity (Wildman–Crippen MR) is 101 cm³/mol. The molecule has 0 aromatic heterocycles. The van der Waals surface area contributed by atoms with Gasteiger partial charge in [-0.3, -0.25) is 4.99 Å². The Kier molecular flexibility index (Phi) is 10.5. The van der Waals surface area contributed by atoms with Crippen molar-refractivity contribution in [2.24, 2.45) is 4.99 Å². The lowest BCUT2D eigenvalue weighted by molar-refractivity contribution is 0.389. The number of unbranched alkanes of at least 4 members (excludes halogenated alkanes) is 4. The Morgan fingerprint density at radius 1 is 1.00 bits per heavy atom. The minimum absolute atomic E-state index is 0.751. The number of nitrogens with one attached hydrogen (secondary N) is 2. The van der Waals surface area contributed by atoms with Crippen molar-refractivity contribution in [1.82, 2.24) is 15.5 Å². The third-order valence-corrected chi connectivity index (χ3v) is 3.92.